The molecular formula is C21H25FN4O2. The minimum absolute atomic E-state index is 0.343. The van der Waals surface area contributed by atoms with Crippen LogP contribution in [0.15, 0.2) is 53.5 Å². The Balaban J connectivity index is 1.67. The molecule has 0 radical (unpaired) electrons. The molecule has 148 valence electrons. The highest BCUT2D eigenvalue weighted by molar-refractivity contribution is 6.09. The molecule has 1 amide bonds. The van der Waals surface area contributed by atoms with Gasteiger partial charge in [0.15, 0.2) is 0 Å². The Morgan fingerprint density at radius 2 is 1.79 bits per heavy atom. The summed E-state index contributed by atoms with van der Waals surface area (Å²) in [4.78, 5) is 19.3. The quantitative estimate of drug-likeness (QED) is 0.615. The number of benzene rings is 2. The summed E-state index contributed by atoms with van der Waals surface area (Å²) in [5, 5.41) is 5.94. The zero-order chi connectivity index (χ0) is 19.8. The number of amides is 1. The SMILES string of the molecule is Cc1ccc(NC(=NCCN2CCOCC2)NC(=O)c2ccc(F)cc2)cc1. The highest BCUT2D eigenvalue weighted by Crippen LogP contribution is 2.09. The summed E-state index contributed by atoms with van der Waals surface area (Å²) < 4.78 is 18.4. The van der Waals surface area contributed by atoms with Crippen molar-refractivity contribution < 1.29 is 13.9 Å². The van der Waals surface area contributed by atoms with Crippen LogP contribution in [0.2, 0.25) is 0 Å². The fourth-order valence-electron chi connectivity index (χ4n) is 2.79. The number of aliphatic imine (C=N–C) groups is 1. The fourth-order valence-corrected chi connectivity index (χ4v) is 2.79. The van der Waals surface area contributed by atoms with E-state index in [1.165, 1.54) is 24.3 Å². The van der Waals surface area contributed by atoms with E-state index >= 15 is 0 Å². The van der Waals surface area contributed by atoms with E-state index in [1.54, 1.807) is 0 Å². The van der Waals surface area contributed by atoms with E-state index < -0.39 is 0 Å². The second kappa shape index (κ2) is 9.96. The van der Waals surface area contributed by atoms with E-state index in [9.17, 15) is 9.18 Å². The molecule has 0 aliphatic carbocycles. The molecule has 1 saturated heterocycles. The summed E-state index contributed by atoms with van der Waals surface area (Å²) >= 11 is 0. The molecule has 1 heterocycles. The van der Waals surface area contributed by atoms with Crippen molar-refractivity contribution >= 4 is 17.6 Å². The standard InChI is InChI=1S/C21H25FN4O2/c1-16-2-8-19(9-3-16)24-21(23-10-11-26-12-14-28-15-13-26)25-20(27)17-4-6-18(22)7-5-17/h2-9H,10-15H2,1H3,(H2,23,24,25,27). The van der Waals surface area contributed by atoms with Crippen molar-refractivity contribution in [1.82, 2.24) is 10.2 Å². The molecule has 1 aliphatic heterocycles. The van der Waals surface area contributed by atoms with Crippen molar-refractivity contribution in [3.8, 4) is 0 Å². The summed E-state index contributed by atoms with van der Waals surface area (Å²) in [6.45, 7) is 6.58. The number of carbonyl (C=O) groups excluding carboxylic acids is 1. The van der Waals surface area contributed by atoms with Crippen LogP contribution < -0.4 is 10.6 Å². The van der Waals surface area contributed by atoms with Gasteiger partial charge in [0.25, 0.3) is 5.91 Å². The maximum absolute atomic E-state index is 13.1. The van der Waals surface area contributed by atoms with Gasteiger partial charge in [-0.05, 0) is 43.3 Å². The lowest BCUT2D eigenvalue weighted by molar-refractivity contribution is 0.0394. The summed E-state index contributed by atoms with van der Waals surface area (Å²) in [6.07, 6.45) is 0. The molecule has 0 bridgehead atoms. The number of hydrogen-bond acceptors (Lipinski definition) is 4. The molecular weight excluding hydrogens is 359 g/mol. The van der Waals surface area contributed by atoms with Gasteiger partial charge in [0, 0.05) is 30.9 Å². The van der Waals surface area contributed by atoms with E-state index in [0.717, 1.165) is 44.1 Å². The molecule has 0 unspecified atom stereocenters. The van der Waals surface area contributed by atoms with Crippen LogP contribution in [-0.2, 0) is 4.74 Å². The van der Waals surface area contributed by atoms with Gasteiger partial charge in [-0.2, -0.15) is 0 Å². The normalized spacial score (nSPS) is 15.3. The number of guanidine groups is 1. The zero-order valence-corrected chi connectivity index (χ0v) is 16.0. The van der Waals surface area contributed by atoms with Gasteiger partial charge in [0.05, 0.1) is 19.8 Å². The molecule has 28 heavy (non-hydrogen) atoms. The van der Waals surface area contributed by atoms with Crippen LogP contribution in [0.4, 0.5) is 10.1 Å². The number of anilines is 1. The van der Waals surface area contributed by atoms with Gasteiger partial charge in [-0.1, -0.05) is 17.7 Å². The molecule has 1 fully saturated rings. The number of morpholine rings is 1. The number of ether oxygens (including phenoxy) is 1. The van der Waals surface area contributed by atoms with E-state index in [1.807, 2.05) is 31.2 Å². The summed E-state index contributed by atoms with van der Waals surface area (Å²) in [7, 11) is 0. The first-order valence-corrected chi connectivity index (χ1v) is 9.35. The molecule has 0 saturated carbocycles. The third kappa shape index (κ3) is 6.14. The minimum Gasteiger partial charge on any atom is -0.379 e. The van der Waals surface area contributed by atoms with Gasteiger partial charge in [-0.3, -0.25) is 20.0 Å². The van der Waals surface area contributed by atoms with Crippen LogP contribution in [0.5, 0.6) is 0 Å². The minimum atomic E-state index is -0.381. The average Bonchev–Trinajstić information content (AvgIpc) is 2.71. The number of rotatable bonds is 5. The Bertz CT molecular complexity index is 800. The van der Waals surface area contributed by atoms with Gasteiger partial charge in [0.2, 0.25) is 5.96 Å². The van der Waals surface area contributed by atoms with Crippen molar-refractivity contribution in [2.45, 2.75) is 6.92 Å². The first-order chi connectivity index (χ1) is 13.6. The lowest BCUT2D eigenvalue weighted by atomic mass is 10.2. The Morgan fingerprint density at radius 3 is 2.46 bits per heavy atom. The average molecular weight is 384 g/mol. The van der Waals surface area contributed by atoms with E-state index in [2.05, 4.69) is 20.5 Å². The van der Waals surface area contributed by atoms with Gasteiger partial charge in [0.1, 0.15) is 5.82 Å². The largest absolute Gasteiger partial charge is 0.379 e. The molecule has 0 spiro atoms. The molecule has 2 N–H and O–H groups in total. The van der Waals surface area contributed by atoms with Crippen molar-refractivity contribution in [3.05, 3.63) is 65.5 Å². The summed E-state index contributed by atoms with van der Waals surface area (Å²) in [5.74, 6) is -0.357. The first-order valence-electron chi connectivity index (χ1n) is 9.35. The lowest BCUT2D eigenvalue weighted by Gasteiger charge is -2.25. The van der Waals surface area contributed by atoms with Gasteiger partial charge in [-0.15, -0.1) is 0 Å². The monoisotopic (exact) mass is 384 g/mol. The fraction of sp³-hybridized carbons (Fsp3) is 0.333. The third-order valence-electron chi connectivity index (χ3n) is 4.44. The second-order valence-electron chi connectivity index (χ2n) is 6.64. The van der Waals surface area contributed by atoms with Crippen molar-refractivity contribution in [2.75, 3.05) is 44.7 Å². The molecule has 1 aliphatic rings. The van der Waals surface area contributed by atoms with E-state index in [0.29, 0.717) is 18.1 Å². The molecule has 2 aromatic carbocycles. The van der Waals surface area contributed by atoms with Gasteiger partial charge in [-0.25, -0.2) is 4.39 Å². The molecule has 6 nitrogen and oxygen atoms in total. The molecule has 2 aromatic rings. The molecule has 0 aromatic heterocycles. The number of hydrogen-bond donors (Lipinski definition) is 2. The number of carbonyl (C=O) groups is 1. The molecule has 0 atom stereocenters. The van der Waals surface area contributed by atoms with Gasteiger partial charge >= 0.3 is 0 Å². The van der Waals surface area contributed by atoms with Crippen molar-refractivity contribution in [3.63, 3.8) is 0 Å². The Morgan fingerprint density at radius 1 is 1.11 bits per heavy atom. The highest BCUT2D eigenvalue weighted by atomic mass is 19.1. The van der Waals surface area contributed by atoms with Crippen LogP contribution in [0.3, 0.4) is 0 Å². The topological polar surface area (TPSA) is 66.0 Å². The Hall–Kier alpha value is -2.77. The second-order valence-corrected chi connectivity index (χ2v) is 6.64. The number of aryl methyl sites for hydroxylation is 1. The summed E-state index contributed by atoms with van der Waals surface area (Å²) in [6, 6.07) is 13.2. The predicted molar refractivity (Wildman–Crippen MR) is 108 cm³/mol. The van der Waals surface area contributed by atoms with E-state index in [-0.39, 0.29) is 11.7 Å². The first kappa shape index (κ1) is 20.0. The smallest absolute Gasteiger partial charge is 0.257 e. The number of nitrogens with zero attached hydrogens (tertiary/aromatic N) is 2. The number of halogens is 1. The Labute approximate surface area is 164 Å². The summed E-state index contributed by atoms with van der Waals surface area (Å²) in [5.41, 5.74) is 2.34. The third-order valence-corrected chi connectivity index (χ3v) is 4.44. The maximum atomic E-state index is 13.1. The van der Waals surface area contributed by atoms with Crippen LogP contribution >= 0.6 is 0 Å². The highest BCUT2D eigenvalue weighted by Gasteiger charge is 2.12. The van der Waals surface area contributed by atoms with Crippen molar-refractivity contribution in [1.29, 1.82) is 0 Å². The zero-order valence-electron chi connectivity index (χ0n) is 16.0. The van der Waals surface area contributed by atoms with Crippen molar-refractivity contribution in [2.24, 2.45) is 4.99 Å². The van der Waals surface area contributed by atoms with Crippen LogP contribution in [0.25, 0.3) is 0 Å². The predicted octanol–water partition coefficient (Wildman–Crippen LogP) is 2.66. The van der Waals surface area contributed by atoms with E-state index in [4.69, 9.17) is 4.74 Å². The maximum Gasteiger partial charge on any atom is 0.257 e. The Kier molecular flexibility index (Phi) is 7.11. The van der Waals surface area contributed by atoms with Crippen LogP contribution in [0, 0.1) is 12.7 Å². The van der Waals surface area contributed by atoms with Gasteiger partial charge < -0.3 is 10.1 Å². The van der Waals surface area contributed by atoms with Crippen LogP contribution in [0.1, 0.15) is 15.9 Å². The molecule has 3 rings (SSSR count). The van der Waals surface area contributed by atoms with Crippen LogP contribution in [-0.4, -0.2) is 56.2 Å². The number of nitrogens with one attached hydrogen (secondary N) is 2. The molecule has 7 heteroatoms. The lowest BCUT2D eigenvalue weighted by Crippen LogP contribution is -2.39.